The van der Waals surface area contributed by atoms with E-state index in [-0.39, 0.29) is 0 Å². The highest BCUT2D eigenvalue weighted by atomic mass is 79.9. The summed E-state index contributed by atoms with van der Waals surface area (Å²) in [5.41, 5.74) is 0. The lowest BCUT2D eigenvalue weighted by atomic mass is 10.4. The fourth-order valence-electron chi connectivity index (χ4n) is 0.370. The third-order valence-electron chi connectivity index (χ3n) is 1.21. The first-order valence-corrected chi connectivity index (χ1v) is 4.46. The fraction of sp³-hybridized carbons (Fsp3) is 0.500. The van der Waals surface area contributed by atoms with Crippen molar-refractivity contribution >= 4 is 15.9 Å². The molecule has 0 amide bonds. The van der Waals surface area contributed by atoms with Crippen molar-refractivity contribution < 1.29 is 15.1 Å². The smallest absolute Gasteiger partial charge is 0.319 e. The van der Waals surface area contributed by atoms with Crippen molar-refractivity contribution in [2.45, 2.75) is 4.45 Å². The van der Waals surface area contributed by atoms with Crippen LogP contribution in [0.15, 0.2) is 19.0 Å². The van der Waals surface area contributed by atoms with Gasteiger partial charge in [-0.3, -0.25) is 10.1 Å². The van der Waals surface area contributed by atoms with Gasteiger partial charge in [-0.25, -0.2) is 15.0 Å². The van der Waals surface area contributed by atoms with E-state index < -0.39 is 22.6 Å². The first-order chi connectivity index (χ1) is 7.06. The number of nitrogens with zero attached hydrogens (tertiary/aromatic N) is 4. The Morgan fingerprint density at radius 1 is 1.20 bits per heavy atom. The molecule has 0 unspecified atom stereocenters. The van der Waals surface area contributed by atoms with Crippen LogP contribution in [0.25, 0.3) is 0 Å². The molecule has 0 bridgehead atoms. The average molecular weight is 281 g/mol. The molecule has 0 atom stereocenters. The SMILES string of the molecule is O=[N+]([O-])C(Br)(CO)CO.c1ncncn1. The summed E-state index contributed by atoms with van der Waals surface area (Å²) < 4.78 is -1.77. The van der Waals surface area contributed by atoms with E-state index in [1.165, 1.54) is 19.0 Å². The van der Waals surface area contributed by atoms with E-state index in [0.29, 0.717) is 0 Å². The molecule has 0 radical (unpaired) electrons. The minimum Gasteiger partial charge on any atom is -0.388 e. The largest absolute Gasteiger partial charge is 0.388 e. The Bertz CT molecular complexity index is 255. The zero-order valence-corrected chi connectivity index (χ0v) is 9.11. The molecule has 1 rings (SSSR count). The molecule has 0 saturated carbocycles. The van der Waals surface area contributed by atoms with Crippen LogP contribution in [-0.2, 0) is 0 Å². The zero-order chi connectivity index (χ0) is 11.7. The Morgan fingerprint density at radius 2 is 1.53 bits per heavy atom. The fourth-order valence-corrected chi connectivity index (χ4v) is 0.370. The number of nitro groups is 1. The van der Waals surface area contributed by atoms with Gasteiger partial charge in [-0.1, -0.05) is 0 Å². The number of hydrogen-bond acceptors (Lipinski definition) is 7. The quantitative estimate of drug-likeness (QED) is 0.322. The number of rotatable bonds is 3. The Morgan fingerprint density at radius 3 is 1.60 bits per heavy atom. The molecule has 0 aromatic carbocycles. The maximum atomic E-state index is 9.92. The summed E-state index contributed by atoms with van der Waals surface area (Å²) in [6.45, 7) is -1.45. The second kappa shape index (κ2) is 7.15. The van der Waals surface area contributed by atoms with Crippen LogP contribution in [0, 0.1) is 10.1 Å². The maximum absolute atomic E-state index is 9.92. The molecule has 1 aromatic heterocycles. The normalized spacial score (nSPS) is 10.1. The molecule has 8 nitrogen and oxygen atoms in total. The lowest BCUT2D eigenvalue weighted by Crippen LogP contribution is -2.39. The van der Waals surface area contributed by atoms with Crippen molar-refractivity contribution in [3.63, 3.8) is 0 Å². The number of aliphatic hydroxyl groups is 2. The van der Waals surface area contributed by atoms with Crippen LogP contribution in [0.1, 0.15) is 0 Å². The summed E-state index contributed by atoms with van der Waals surface area (Å²) in [7, 11) is 0. The highest BCUT2D eigenvalue weighted by molar-refractivity contribution is 9.10. The molecule has 84 valence electrons. The second-order valence-electron chi connectivity index (χ2n) is 2.28. The van der Waals surface area contributed by atoms with E-state index in [0.717, 1.165) is 0 Å². The minimum atomic E-state index is -1.77. The molecule has 0 fully saturated rings. The van der Waals surface area contributed by atoms with Gasteiger partial charge in [0.05, 0.1) is 0 Å². The summed E-state index contributed by atoms with van der Waals surface area (Å²) in [5.74, 6) is 0. The lowest BCUT2D eigenvalue weighted by molar-refractivity contribution is -0.542. The molecule has 15 heavy (non-hydrogen) atoms. The third-order valence-corrected chi connectivity index (χ3v) is 2.00. The van der Waals surface area contributed by atoms with Crippen LogP contribution in [-0.4, -0.2) is 47.8 Å². The molecular weight excluding hydrogens is 272 g/mol. The van der Waals surface area contributed by atoms with Gasteiger partial charge in [0.1, 0.15) is 32.2 Å². The molecule has 0 aliphatic heterocycles. The van der Waals surface area contributed by atoms with E-state index in [1.807, 2.05) is 0 Å². The van der Waals surface area contributed by atoms with Gasteiger partial charge in [0, 0.05) is 20.9 Å². The summed E-state index contributed by atoms with van der Waals surface area (Å²) in [6, 6.07) is 0. The monoisotopic (exact) mass is 280 g/mol. The standard InChI is InChI=1S/C3H6BrNO4.C3H3N3/c4-3(1-6,2-7)5(8)9;1-4-2-6-3-5-1/h6-7H,1-2H2;1-3H. The molecule has 0 saturated heterocycles. The van der Waals surface area contributed by atoms with Crippen molar-refractivity contribution in [1.82, 2.24) is 15.0 Å². The zero-order valence-electron chi connectivity index (χ0n) is 7.52. The Balaban J connectivity index is 0.000000280. The number of aromatic nitrogens is 3. The molecule has 9 heteroatoms. The van der Waals surface area contributed by atoms with Crippen LogP contribution in [0.3, 0.4) is 0 Å². The van der Waals surface area contributed by atoms with Crippen LogP contribution < -0.4 is 0 Å². The minimum absolute atomic E-state index is 0.726. The molecule has 0 aliphatic carbocycles. The second-order valence-corrected chi connectivity index (χ2v) is 3.76. The summed E-state index contributed by atoms with van der Waals surface area (Å²) >= 11 is 2.55. The highest BCUT2D eigenvalue weighted by Crippen LogP contribution is 2.15. The first-order valence-electron chi connectivity index (χ1n) is 3.67. The van der Waals surface area contributed by atoms with E-state index in [1.54, 1.807) is 0 Å². The molecule has 1 heterocycles. The molecule has 0 spiro atoms. The Labute approximate surface area is 93.3 Å². The molecule has 2 N–H and O–H groups in total. The van der Waals surface area contributed by atoms with Crippen LogP contribution in [0.2, 0.25) is 0 Å². The van der Waals surface area contributed by atoms with Crippen molar-refractivity contribution in [3.05, 3.63) is 29.1 Å². The van der Waals surface area contributed by atoms with Gasteiger partial charge < -0.3 is 10.2 Å². The van der Waals surface area contributed by atoms with E-state index in [2.05, 4.69) is 30.9 Å². The number of halogens is 1. The predicted octanol–water partition coefficient (Wildman–Crippen LogP) is -0.790. The molecule has 1 aromatic rings. The van der Waals surface area contributed by atoms with Gasteiger partial charge >= 0.3 is 4.45 Å². The Kier molecular flexibility index (Phi) is 6.58. The van der Waals surface area contributed by atoms with Crippen LogP contribution in [0.5, 0.6) is 0 Å². The summed E-state index contributed by atoms with van der Waals surface area (Å²) in [5, 5.41) is 26.5. The highest BCUT2D eigenvalue weighted by Gasteiger charge is 2.38. The predicted molar refractivity (Wildman–Crippen MR) is 52.7 cm³/mol. The van der Waals surface area contributed by atoms with Gasteiger partial charge in [0.15, 0.2) is 0 Å². The van der Waals surface area contributed by atoms with Gasteiger partial charge in [-0.15, -0.1) is 0 Å². The van der Waals surface area contributed by atoms with Crippen molar-refractivity contribution in [2.24, 2.45) is 0 Å². The van der Waals surface area contributed by atoms with Crippen molar-refractivity contribution in [1.29, 1.82) is 0 Å². The summed E-state index contributed by atoms with van der Waals surface area (Å²) in [4.78, 5) is 19.8. The molecular formula is C6H9BrN4O4. The van der Waals surface area contributed by atoms with E-state index >= 15 is 0 Å². The topological polar surface area (TPSA) is 122 Å². The van der Waals surface area contributed by atoms with Gasteiger partial charge in [-0.2, -0.15) is 0 Å². The lowest BCUT2D eigenvalue weighted by Gasteiger charge is -2.11. The molecule has 0 aliphatic rings. The number of hydrogen-bond donors (Lipinski definition) is 2. The summed E-state index contributed by atoms with van der Waals surface area (Å²) in [6.07, 6.45) is 4.31. The number of alkyl halides is 1. The van der Waals surface area contributed by atoms with Gasteiger partial charge in [0.25, 0.3) is 0 Å². The maximum Gasteiger partial charge on any atom is 0.319 e. The van der Waals surface area contributed by atoms with E-state index in [4.69, 9.17) is 10.2 Å². The average Bonchev–Trinajstić information content (AvgIpc) is 2.31. The van der Waals surface area contributed by atoms with Gasteiger partial charge in [0.2, 0.25) is 0 Å². The van der Waals surface area contributed by atoms with Gasteiger partial charge in [-0.05, 0) is 0 Å². The first kappa shape index (κ1) is 13.8. The number of aliphatic hydroxyl groups excluding tert-OH is 2. The van der Waals surface area contributed by atoms with Crippen molar-refractivity contribution in [2.75, 3.05) is 13.2 Å². The Hall–Kier alpha value is -1.19. The third kappa shape index (κ3) is 5.30. The van der Waals surface area contributed by atoms with Crippen LogP contribution >= 0.6 is 15.9 Å². The van der Waals surface area contributed by atoms with E-state index in [9.17, 15) is 10.1 Å². The van der Waals surface area contributed by atoms with Crippen molar-refractivity contribution in [3.8, 4) is 0 Å². The van der Waals surface area contributed by atoms with Crippen LogP contribution in [0.4, 0.5) is 0 Å².